The number of nitrogens with one attached hydrogen (secondary N) is 1. The molecule has 1 heterocycles. The third-order valence-electron chi connectivity index (χ3n) is 13.3. The summed E-state index contributed by atoms with van der Waals surface area (Å²) in [6.45, 7) is 4.81. The maximum atomic E-state index is 13.7. The van der Waals surface area contributed by atoms with Crippen molar-refractivity contribution in [3.8, 4) is 0 Å². The molecule has 11 nitrogen and oxygen atoms in total. The van der Waals surface area contributed by atoms with Gasteiger partial charge in [-0.15, -0.1) is 0 Å². The summed E-state index contributed by atoms with van der Waals surface area (Å²) in [4.78, 5) is 27.9. The molecule has 248 valence electrons. The maximum absolute atomic E-state index is 13.7. The molecule has 1 aromatic carbocycles. The van der Waals surface area contributed by atoms with Gasteiger partial charge in [0.25, 0.3) is 0 Å². The molecule has 1 unspecified atom stereocenters. The third-order valence-corrected chi connectivity index (χ3v) is 13.3. The van der Waals surface area contributed by atoms with Gasteiger partial charge in [-0.3, -0.25) is 9.69 Å². The normalized spacial score (nSPS) is 47.4. The van der Waals surface area contributed by atoms with E-state index in [9.17, 15) is 19.8 Å². The maximum Gasteiger partial charge on any atom is 0.340 e. The van der Waals surface area contributed by atoms with Crippen LogP contribution in [0.1, 0.15) is 49.9 Å². The molecule has 1 aliphatic heterocycles. The van der Waals surface area contributed by atoms with E-state index in [2.05, 4.69) is 17.1 Å². The van der Waals surface area contributed by atoms with Gasteiger partial charge in [-0.2, -0.15) is 0 Å². The predicted octanol–water partition coefficient (Wildman–Crippen LogP) is 2.09. The lowest BCUT2D eigenvalue weighted by Crippen LogP contribution is -2.82. The highest BCUT2D eigenvalue weighted by atomic mass is 16.5. The Morgan fingerprint density at radius 1 is 1.07 bits per heavy atom. The Kier molecular flexibility index (Phi) is 7.48. The molecule has 6 aliphatic rings. The fraction of sp³-hybridized carbons (Fsp3) is 0.765. The van der Waals surface area contributed by atoms with Crippen molar-refractivity contribution in [2.45, 2.75) is 81.2 Å². The Bertz CT molecular complexity index is 1360. The monoisotopic (exact) mass is 628 g/mol. The Morgan fingerprint density at radius 3 is 2.47 bits per heavy atom. The van der Waals surface area contributed by atoms with Gasteiger partial charge in [-0.1, -0.05) is 19.1 Å². The molecule has 11 heteroatoms. The molecule has 6 fully saturated rings. The van der Waals surface area contributed by atoms with Crippen LogP contribution in [0.15, 0.2) is 24.3 Å². The van der Waals surface area contributed by atoms with Crippen LogP contribution >= 0.6 is 0 Å². The van der Waals surface area contributed by atoms with Crippen LogP contribution in [0, 0.1) is 34.5 Å². The van der Waals surface area contributed by atoms with Crippen molar-refractivity contribution < 1.29 is 43.5 Å². The van der Waals surface area contributed by atoms with Crippen LogP contribution in [0.3, 0.4) is 0 Å². The van der Waals surface area contributed by atoms with Crippen molar-refractivity contribution in [3.05, 3.63) is 29.8 Å². The number of likely N-dealkylation sites (tertiary alicyclic amines) is 1. The number of anilines is 1. The minimum absolute atomic E-state index is 0.0387. The van der Waals surface area contributed by atoms with Gasteiger partial charge in [-0.25, -0.2) is 4.79 Å². The van der Waals surface area contributed by atoms with E-state index in [1.165, 1.54) is 6.92 Å². The third kappa shape index (κ3) is 3.72. The lowest BCUT2D eigenvalue weighted by atomic mass is 9.42. The Balaban J connectivity index is 1.37. The fourth-order valence-corrected chi connectivity index (χ4v) is 12.2. The van der Waals surface area contributed by atoms with Crippen LogP contribution < -0.4 is 5.32 Å². The van der Waals surface area contributed by atoms with Crippen molar-refractivity contribution in [3.63, 3.8) is 0 Å². The van der Waals surface area contributed by atoms with Crippen LogP contribution in [0.25, 0.3) is 0 Å². The Labute approximate surface area is 264 Å². The number of carbonyl (C=O) groups is 2. The van der Waals surface area contributed by atoms with E-state index in [4.69, 9.17) is 23.7 Å². The average molecular weight is 629 g/mol. The second-order valence-corrected chi connectivity index (χ2v) is 14.5. The minimum Gasteiger partial charge on any atom is -0.461 e. The molecule has 45 heavy (non-hydrogen) atoms. The second kappa shape index (κ2) is 10.7. The van der Waals surface area contributed by atoms with Gasteiger partial charge < -0.3 is 39.2 Å². The van der Waals surface area contributed by atoms with Gasteiger partial charge in [0.15, 0.2) is 0 Å². The van der Waals surface area contributed by atoms with Crippen molar-refractivity contribution in [2.75, 3.05) is 53.5 Å². The molecule has 7 bridgehead atoms. The van der Waals surface area contributed by atoms with Crippen molar-refractivity contribution in [2.24, 2.45) is 34.5 Å². The molecule has 5 aliphatic carbocycles. The number of methoxy groups -OCH3 is 4. The average Bonchev–Trinajstić information content (AvgIpc) is 3.45. The Morgan fingerprint density at radius 2 is 1.82 bits per heavy atom. The molecule has 3 N–H and O–H groups in total. The van der Waals surface area contributed by atoms with Gasteiger partial charge in [0.2, 0.25) is 5.91 Å². The number of hydrogen-bond donors (Lipinski definition) is 3. The number of fused-ring (bicyclic) bond motifs is 2. The highest BCUT2D eigenvalue weighted by Crippen LogP contribution is 2.80. The number of nitrogens with zero attached hydrogens (tertiary/aromatic N) is 1. The number of rotatable bonds is 9. The first-order valence-electron chi connectivity index (χ1n) is 16.4. The SMILES string of the molecule is CCN1C[C@@]2(COC(=O)c3ccccc3NC(C)=O)CC[C@H](OC)[C@]34C2[C@H](OC)[C@](O)([C@H]13)[C@@]1(O)C[C@H](OC)[C@H]2C[C@@H]4[C@@H]1[C@H]2OC. The molecule has 0 aromatic heterocycles. The molecule has 13 atom stereocenters. The quantitative estimate of drug-likeness (QED) is 0.349. The van der Waals surface area contributed by atoms with Gasteiger partial charge in [0.05, 0.1) is 48.3 Å². The van der Waals surface area contributed by atoms with E-state index in [0.29, 0.717) is 31.6 Å². The smallest absolute Gasteiger partial charge is 0.340 e. The van der Waals surface area contributed by atoms with Gasteiger partial charge >= 0.3 is 5.97 Å². The van der Waals surface area contributed by atoms with Crippen molar-refractivity contribution >= 4 is 17.6 Å². The number of aliphatic hydroxyl groups is 2. The van der Waals surface area contributed by atoms with Crippen molar-refractivity contribution in [1.82, 2.24) is 4.90 Å². The zero-order chi connectivity index (χ0) is 32.1. The van der Waals surface area contributed by atoms with E-state index in [-0.39, 0.29) is 60.1 Å². The van der Waals surface area contributed by atoms with Crippen LogP contribution in [-0.4, -0.2) is 117 Å². The summed E-state index contributed by atoms with van der Waals surface area (Å²) in [5.41, 5.74) is -3.68. The van der Waals surface area contributed by atoms with Gasteiger partial charge in [-0.05, 0) is 43.9 Å². The second-order valence-electron chi connectivity index (χ2n) is 14.5. The van der Waals surface area contributed by atoms with Gasteiger partial charge in [0.1, 0.15) is 11.2 Å². The number of hydrogen-bond acceptors (Lipinski definition) is 10. The number of ether oxygens (including phenoxy) is 5. The van der Waals surface area contributed by atoms with E-state index in [1.807, 2.05) is 0 Å². The van der Waals surface area contributed by atoms with Crippen LogP contribution in [0.4, 0.5) is 5.69 Å². The summed E-state index contributed by atoms with van der Waals surface area (Å²) in [6, 6.07) is 6.41. The van der Waals surface area contributed by atoms with E-state index < -0.39 is 40.1 Å². The van der Waals surface area contributed by atoms with E-state index in [1.54, 1.807) is 52.7 Å². The zero-order valence-electron chi connectivity index (χ0n) is 27.2. The molecule has 1 aromatic rings. The molecular formula is C34H48N2O9. The lowest BCUT2D eigenvalue weighted by Gasteiger charge is -2.70. The molecule has 1 amide bonds. The van der Waals surface area contributed by atoms with E-state index >= 15 is 0 Å². The summed E-state index contributed by atoms with van der Waals surface area (Å²) >= 11 is 0. The highest BCUT2D eigenvalue weighted by Gasteiger charge is 2.91. The largest absolute Gasteiger partial charge is 0.461 e. The summed E-state index contributed by atoms with van der Waals surface area (Å²) < 4.78 is 31.2. The first kappa shape index (κ1) is 31.5. The van der Waals surface area contributed by atoms with Crippen LogP contribution in [0.2, 0.25) is 0 Å². The topological polar surface area (TPSA) is 136 Å². The molecule has 5 saturated carbocycles. The lowest BCUT2D eigenvalue weighted by molar-refractivity contribution is -0.320. The first-order valence-corrected chi connectivity index (χ1v) is 16.4. The first-order chi connectivity index (χ1) is 21.5. The van der Waals surface area contributed by atoms with Crippen LogP contribution in [0.5, 0.6) is 0 Å². The number of para-hydroxylation sites is 1. The van der Waals surface area contributed by atoms with Gasteiger partial charge in [0, 0.05) is 76.9 Å². The number of amides is 1. The highest BCUT2D eigenvalue weighted by molar-refractivity contribution is 6.00. The molecule has 1 saturated heterocycles. The number of likely N-dealkylation sites (N-methyl/N-ethyl adjacent to an activating group) is 1. The standard InChI is InChI=1S/C34H48N2O9/c1-7-36-16-31(17-45-29(38)19-10-8-9-11-22(19)35-18(2)37)13-12-24(42-4)33-21-14-20-23(41-3)15-32(39,25(21)26(20)43-5)34(40,30(33)36)28(44-6)27(31)33/h8-11,20-21,23-28,30,39-40H,7,12-17H2,1-6H3,(H,35,37)/t20-,21-,23+,24+,25-,26+,27?,28+,30-,31-,32-,33-,34+/m1/s1. The number of esters is 1. The minimum atomic E-state index is -1.66. The molecule has 0 radical (unpaired) electrons. The summed E-state index contributed by atoms with van der Waals surface area (Å²) in [5, 5.41) is 29.2. The van der Waals surface area contributed by atoms with Crippen molar-refractivity contribution in [1.29, 1.82) is 0 Å². The zero-order valence-corrected chi connectivity index (χ0v) is 27.2. The summed E-state index contributed by atoms with van der Waals surface area (Å²) in [5.74, 6) is -1.36. The fourth-order valence-electron chi connectivity index (χ4n) is 12.2. The summed E-state index contributed by atoms with van der Waals surface area (Å²) in [6.07, 6.45) is 0.993. The molecular weight excluding hydrogens is 580 g/mol. The number of carbonyl (C=O) groups excluding carboxylic acids is 2. The molecule has 1 spiro atoms. The number of piperidine rings is 1. The predicted molar refractivity (Wildman–Crippen MR) is 162 cm³/mol. The molecule has 7 rings (SSSR count). The van der Waals surface area contributed by atoms with E-state index in [0.717, 1.165) is 12.8 Å². The summed E-state index contributed by atoms with van der Waals surface area (Å²) in [7, 11) is 6.75. The van der Waals surface area contributed by atoms with Crippen LogP contribution in [-0.2, 0) is 28.5 Å². The number of benzene rings is 1. The Hall–Kier alpha value is -2.12.